The van der Waals surface area contributed by atoms with Crippen LogP contribution in [0.1, 0.15) is 49.8 Å². The molecule has 0 radical (unpaired) electrons. The van der Waals surface area contributed by atoms with Crippen molar-refractivity contribution in [2.24, 2.45) is 5.92 Å². The summed E-state index contributed by atoms with van der Waals surface area (Å²) in [7, 11) is 1.69. The molecule has 5 heteroatoms. The first kappa shape index (κ1) is 26.2. The van der Waals surface area contributed by atoms with Crippen molar-refractivity contribution in [3.05, 3.63) is 88.4 Å². The molecule has 1 N–H and O–H groups in total. The maximum atomic E-state index is 12.1. The van der Waals surface area contributed by atoms with Gasteiger partial charge < -0.3 is 14.8 Å². The molecule has 190 valence electrons. The molecule has 0 saturated carbocycles. The minimum Gasteiger partial charge on any atom is -0.497 e. The van der Waals surface area contributed by atoms with Crippen LogP contribution in [0.2, 0.25) is 5.02 Å². The van der Waals surface area contributed by atoms with Gasteiger partial charge in [-0.05, 0) is 83.8 Å². The fourth-order valence-electron chi connectivity index (χ4n) is 5.48. The number of halogens is 1. The number of aryl methyl sites for hydroxylation is 1. The zero-order chi connectivity index (χ0) is 25.5. The number of carbonyl (C=O) groups is 1. The molecule has 2 unspecified atom stereocenters. The van der Waals surface area contributed by atoms with Gasteiger partial charge in [0.15, 0.2) is 0 Å². The normalized spacial score (nSPS) is 17.4. The van der Waals surface area contributed by atoms with E-state index in [2.05, 4.69) is 67.7 Å². The molecule has 3 aromatic rings. The number of hydrogen-bond donors (Lipinski definition) is 1. The average molecular weight is 506 g/mol. The Morgan fingerprint density at radius 1 is 1.08 bits per heavy atom. The van der Waals surface area contributed by atoms with Gasteiger partial charge in [0.2, 0.25) is 0 Å². The van der Waals surface area contributed by atoms with Crippen LogP contribution in [-0.4, -0.2) is 32.8 Å². The molecule has 0 fully saturated rings. The minimum atomic E-state index is -0.189. The fourth-order valence-corrected chi connectivity index (χ4v) is 5.67. The molecule has 0 amide bonds. The number of hydrogen-bond acceptors (Lipinski definition) is 4. The van der Waals surface area contributed by atoms with E-state index in [0.29, 0.717) is 13.2 Å². The average Bonchev–Trinajstić information content (AvgIpc) is 3.28. The van der Waals surface area contributed by atoms with E-state index in [1.54, 1.807) is 7.11 Å². The number of ether oxygens (including phenoxy) is 2. The molecule has 0 bridgehead atoms. The summed E-state index contributed by atoms with van der Waals surface area (Å²) < 4.78 is 10.7. The molecule has 0 heterocycles. The van der Waals surface area contributed by atoms with E-state index in [4.69, 9.17) is 21.1 Å². The summed E-state index contributed by atoms with van der Waals surface area (Å²) in [5.41, 5.74) is 6.06. The van der Waals surface area contributed by atoms with Crippen LogP contribution in [0.4, 0.5) is 0 Å². The van der Waals surface area contributed by atoms with Crippen molar-refractivity contribution in [3.8, 4) is 16.9 Å². The molecule has 36 heavy (non-hydrogen) atoms. The highest BCUT2D eigenvalue weighted by Gasteiger charge is 2.44. The minimum absolute atomic E-state index is 0.161. The molecule has 1 aliphatic carbocycles. The lowest BCUT2D eigenvalue weighted by Crippen LogP contribution is -2.40. The van der Waals surface area contributed by atoms with Gasteiger partial charge in [0.05, 0.1) is 20.3 Å². The summed E-state index contributed by atoms with van der Waals surface area (Å²) in [6.45, 7) is 5.79. The van der Waals surface area contributed by atoms with Gasteiger partial charge in [-0.1, -0.05) is 74.3 Å². The van der Waals surface area contributed by atoms with Crippen LogP contribution in [0.15, 0.2) is 66.7 Å². The molecule has 0 saturated heterocycles. The van der Waals surface area contributed by atoms with Crippen LogP contribution < -0.4 is 10.1 Å². The molecular weight excluding hydrogens is 470 g/mol. The van der Waals surface area contributed by atoms with Crippen molar-refractivity contribution in [1.29, 1.82) is 0 Å². The Balaban J connectivity index is 1.59. The highest BCUT2D eigenvalue weighted by atomic mass is 35.5. The third-order valence-electron chi connectivity index (χ3n) is 7.46. The number of carbonyl (C=O) groups excluding carboxylic acids is 1. The Morgan fingerprint density at radius 2 is 1.89 bits per heavy atom. The van der Waals surface area contributed by atoms with Gasteiger partial charge >= 0.3 is 5.97 Å². The van der Waals surface area contributed by atoms with Crippen molar-refractivity contribution < 1.29 is 14.3 Å². The first-order valence-electron chi connectivity index (χ1n) is 12.9. The van der Waals surface area contributed by atoms with Gasteiger partial charge in [0.1, 0.15) is 5.75 Å². The monoisotopic (exact) mass is 505 g/mol. The van der Waals surface area contributed by atoms with E-state index < -0.39 is 0 Å². The molecule has 0 aliphatic heterocycles. The van der Waals surface area contributed by atoms with Gasteiger partial charge in [0.25, 0.3) is 0 Å². The standard InChI is InChI=1S/C31H36ClNO3/c1-4-5-17-36-30(34)21-33-20-22(2)31(16-15-25-18-27(32)13-14-29(25)31)26-11-9-23(10-12-26)24-7-6-8-28(19-24)35-3/h6-14,18-19,22,33H,4-5,15-17,20-21H2,1-3H3. The topological polar surface area (TPSA) is 47.6 Å². The lowest BCUT2D eigenvalue weighted by molar-refractivity contribution is -0.142. The van der Waals surface area contributed by atoms with E-state index in [0.717, 1.165) is 47.6 Å². The van der Waals surface area contributed by atoms with Gasteiger partial charge in [-0.2, -0.15) is 0 Å². The first-order chi connectivity index (χ1) is 17.5. The Labute approximate surface area is 220 Å². The summed E-state index contributed by atoms with van der Waals surface area (Å²) in [6.07, 6.45) is 3.90. The zero-order valence-corrected chi connectivity index (χ0v) is 22.2. The van der Waals surface area contributed by atoms with Crippen LogP contribution in [-0.2, 0) is 21.4 Å². The van der Waals surface area contributed by atoms with Gasteiger partial charge in [0, 0.05) is 10.4 Å². The second-order valence-electron chi connectivity index (χ2n) is 9.69. The Kier molecular flexibility index (Phi) is 8.71. The number of esters is 1. The zero-order valence-electron chi connectivity index (χ0n) is 21.5. The van der Waals surface area contributed by atoms with E-state index in [9.17, 15) is 4.79 Å². The summed E-state index contributed by atoms with van der Waals surface area (Å²) >= 11 is 6.35. The van der Waals surface area contributed by atoms with Gasteiger partial charge in [-0.3, -0.25) is 4.79 Å². The van der Waals surface area contributed by atoms with Crippen LogP contribution >= 0.6 is 11.6 Å². The number of unbranched alkanes of at least 4 members (excludes halogenated alkanes) is 1. The highest BCUT2D eigenvalue weighted by molar-refractivity contribution is 6.30. The van der Waals surface area contributed by atoms with E-state index in [-0.39, 0.29) is 23.8 Å². The van der Waals surface area contributed by atoms with Gasteiger partial charge in [-0.25, -0.2) is 0 Å². The second-order valence-corrected chi connectivity index (χ2v) is 10.1. The summed E-state index contributed by atoms with van der Waals surface area (Å²) in [5, 5.41) is 4.14. The van der Waals surface area contributed by atoms with Crippen molar-refractivity contribution in [3.63, 3.8) is 0 Å². The molecule has 4 rings (SSSR count). The Bertz CT molecular complexity index is 1180. The number of nitrogens with one attached hydrogen (secondary N) is 1. The largest absolute Gasteiger partial charge is 0.497 e. The van der Waals surface area contributed by atoms with E-state index >= 15 is 0 Å². The van der Waals surface area contributed by atoms with E-state index in [1.807, 2.05) is 18.2 Å². The van der Waals surface area contributed by atoms with Crippen LogP contribution in [0.25, 0.3) is 11.1 Å². The van der Waals surface area contributed by atoms with Crippen molar-refractivity contribution in [2.75, 3.05) is 26.8 Å². The van der Waals surface area contributed by atoms with Crippen molar-refractivity contribution >= 4 is 17.6 Å². The Hall–Kier alpha value is -2.82. The lowest BCUT2D eigenvalue weighted by atomic mass is 9.67. The molecule has 2 atom stereocenters. The molecular formula is C31H36ClNO3. The first-order valence-corrected chi connectivity index (χ1v) is 13.3. The predicted octanol–water partition coefficient (Wildman–Crippen LogP) is 6.82. The number of rotatable bonds is 11. The molecule has 4 nitrogen and oxygen atoms in total. The SMILES string of the molecule is CCCCOC(=O)CNCC(C)C1(c2ccc(-c3cccc(OC)c3)cc2)CCc2cc(Cl)ccc21. The van der Waals surface area contributed by atoms with Crippen molar-refractivity contribution in [2.45, 2.75) is 44.9 Å². The number of fused-ring (bicyclic) bond motifs is 1. The highest BCUT2D eigenvalue weighted by Crippen LogP contribution is 2.50. The van der Waals surface area contributed by atoms with E-state index in [1.165, 1.54) is 16.7 Å². The maximum absolute atomic E-state index is 12.1. The van der Waals surface area contributed by atoms with Crippen LogP contribution in [0.3, 0.4) is 0 Å². The summed E-state index contributed by atoms with van der Waals surface area (Å²) in [6, 6.07) is 23.3. The molecule has 0 spiro atoms. The van der Waals surface area contributed by atoms with Crippen LogP contribution in [0.5, 0.6) is 5.75 Å². The summed E-state index contributed by atoms with van der Waals surface area (Å²) in [4.78, 5) is 12.1. The quantitative estimate of drug-likeness (QED) is 0.229. The molecule has 0 aromatic heterocycles. The Morgan fingerprint density at radius 3 is 2.64 bits per heavy atom. The van der Waals surface area contributed by atoms with Gasteiger partial charge in [-0.15, -0.1) is 0 Å². The molecule has 1 aliphatic rings. The van der Waals surface area contributed by atoms with Crippen LogP contribution in [0, 0.1) is 5.92 Å². The predicted molar refractivity (Wildman–Crippen MR) is 147 cm³/mol. The fraction of sp³-hybridized carbons (Fsp3) is 0.387. The smallest absolute Gasteiger partial charge is 0.319 e. The second kappa shape index (κ2) is 11.9. The third-order valence-corrected chi connectivity index (χ3v) is 7.70. The van der Waals surface area contributed by atoms with Crippen molar-refractivity contribution in [1.82, 2.24) is 5.32 Å². The molecule has 3 aromatic carbocycles. The third kappa shape index (κ3) is 5.61. The number of methoxy groups -OCH3 is 1. The lowest BCUT2D eigenvalue weighted by Gasteiger charge is -2.38. The summed E-state index contributed by atoms with van der Waals surface area (Å²) in [5.74, 6) is 0.916. The maximum Gasteiger partial charge on any atom is 0.319 e. The number of benzene rings is 3.